The Labute approximate surface area is 151 Å². The van der Waals surface area contributed by atoms with E-state index in [4.69, 9.17) is 9.47 Å². The highest BCUT2D eigenvalue weighted by atomic mass is 79.9. The molecule has 0 fully saturated rings. The average molecular weight is 413 g/mol. The normalized spacial score (nSPS) is 11.5. The number of rotatable bonds is 6. The molecule has 7 nitrogen and oxygen atoms in total. The monoisotopic (exact) mass is 412 g/mol. The molecule has 0 unspecified atom stereocenters. The van der Waals surface area contributed by atoms with Crippen molar-refractivity contribution in [1.82, 2.24) is 0 Å². The van der Waals surface area contributed by atoms with Gasteiger partial charge in [0, 0.05) is 0 Å². The number of benzene rings is 2. The van der Waals surface area contributed by atoms with E-state index in [-0.39, 0.29) is 17.1 Å². The third-order valence-electron chi connectivity index (χ3n) is 3.23. The van der Waals surface area contributed by atoms with E-state index in [9.17, 15) is 19.3 Å². The third kappa shape index (κ3) is 4.66. The van der Waals surface area contributed by atoms with E-state index in [2.05, 4.69) is 21.2 Å². The highest BCUT2D eigenvalue weighted by molar-refractivity contribution is 9.10. The zero-order valence-corrected chi connectivity index (χ0v) is 14.9. The van der Waals surface area contributed by atoms with Crippen LogP contribution in [0.5, 0.6) is 11.5 Å². The van der Waals surface area contributed by atoms with Crippen LogP contribution in [0.4, 0.5) is 15.8 Å². The largest absolute Gasteiger partial charge is 0.496 e. The van der Waals surface area contributed by atoms with Crippen molar-refractivity contribution in [3.8, 4) is 11.5 Å². The number of halogens is 2. The van der Waals surface area contributed by atoms with Gasteiger partial charge >= 0.3 is 0 Å². The minimum atomic E-state index is -0.969. The van der Waals surface area contributed by atoms with Gasteiger partial charge in [-0.1, -0.05) is 0 Å². The van der Waals surface area contributed by atoms with Crippen molar-refractivity contribution >= 4 is 33.2 Å². The Kier molecular flexibility index (Phi) is 5.92. The number of nitro benzene ring substituents is 1. The Bertz CT molecular complexity index is 815. The van der Waals surface area contributed by atoms with Crippen molar-refractivity contribution in [2.24, 2.45) is 0 Å². The van der Waals surface area contributed by atoms with E-state index in [1.54, 1.807) is 0 Å². The van der Waals surface area contributed by atoms with Gasteiger partial charge in [0.15, 0.2) is 6.10 Å². The fourth-order valence-electron chi connectivity index (χ4n) is 1.94. The van der Waals surface area contributed by atoms with Crippen LogP contribution in [-0.4, -0.2) is 24.0 Å². The summed E-state index contributed by atoms with van der Waals surface area (Å²) in [6.07, 6.45) is -0.969. The van der Waals surface area contributed by atoms with Gasteiger partial charge in [-0.05, 0) is 53.2 Å². The number of nitro groups is 1. The molecule has 2 aromatic rings. The van der Waals surface area contributed by atoms with Gasteiger partial charge < -0.3 is 14.8 Å². The molecule has 1 amide bonds. The van der Waals surface area contributed by atoms with Gasteiger partial charge in [0.25, 0.3) is 11.6 Å². The van der Waals surface area contributed by atoms with E-state index in [1.807, 2.05) is 0 Å². The van der Waals surface area contributed by atoms with E-state index in [0.717, 1.165) is 0 Å². The first-order valence-electron chi connectivity index (χ1n) is 7.07. The second kappa shape index (κ2) is 7.93. The van der Waals surface area contributed by atoms with Crippen LogP contribution in [0.15, 0.2) is 40.9 Å². The molecule has 0 heterocycles. The number of amides is 1. The molecule has 2 aromatic carbocycles. The minimum absolute atomic E-state index is 0.0180. The van der Waals surface area contributed by atoms with Crippen molar-refractivity contribution in [1.29, 1.82) is 0 Å². The van der Waals surface area contributed by atoms with Crippen molar-refractivity contribution in [3.63, 3.8) is 0 Å². The molecule has 0 radical (unpaired) electrons. The lowest BCUT2D eigenvalue weighted by Gasteiger charge is -2.16. The summed E-state index contributed by atoms with van der Waals surface area (Å²) in [4.78, 5) is 22.8. The summed E-state index contributed by atoms with van der Waals surface area (Å²) in [6, 6.07) is 7.84. The number of hydrogen-bond donors (Lipinski definition) is 1. The Balaban J connectivity index is 2.14. The molecule has 0 saturated heterocycles. The number of nitrogens with zero attached hydrogens (tertiary/aromatic N) is 1. The number of anilines is 1. The molecule has 0 aromatic heterocycles. The lowest BCUT2D eigenvalue weighted by Crippen LogP contribution is -2.30. The molecule has 0 aliphatic rings. The minimum Gasteiger partial charge on any atom is -0.496 e. The van der Waals surface area contributed by atoms with E-state index in [0.29, 0.717) is 10.2 Å². The maximum atomic E-state index is 13.1. The predicted octanol–water partition coefficient (Wildman–Crippen LogP) is 3.91. The Morgan fingerprint density at radius 3 is 2.64 bits per heavy atom. The fraction of sp³-hybridized carbons (Fsp3) is 0.188. The highest BCUT2D eigenvalue weighted by Crippen LogP contribution is 2.30. The molecule has 9 heteroatoms. The van der Waals surface area contributed by atoms with Gasteiger partial charge in [-0.25, -0.2) is 4.39 Å². The van der Waals surface area contributed by atoms with Gasteiger partial charge in [-0.3, -0.25) is 14.9 Å². The van der Waals surface area contributed by atoms with Crippen LogP contribution in [0.25, 0.3) is 0 Å². The fourth-order valence-corrected chi connectivity index (χ4v) is 2.39. The van der Waals surface area contributed by atoms with Gasteiger partial charge in [0.05, 0.1) is 22.6 Å². The van der Waals surface area contributed by atoms with Crippen LogP contribution in [-0.2, 0) is 4.79 Å². The van der Waals surface area contributed by atoms with Crippen LogP contribution >= 0.6 is 15.9 Å². The summed E-state index contributed by atoms with van der Waals surface area (Å²) >= 11 is 3.14. The second-order valence-corrected chi connectivity index (χ2v) is 5.82. The van der Waals surface area contributed by atoms with Crippen LogP contribution in [0, 0.1) is 15.9 Å². The van der Waals surface area contributed by atoms with E-state index >= 15 is 0 Å². The van der Waals surface area contributed by atoms with Crippen molar-refractivity contribution in [2.75, 3.05) is 12.4 Å². The summed E-state index contributed by atoms with van der Waals surface area (Å²) in [5, 5.41) is 13.6. The molecule has 0 spiro atoms. The standard InChI is InChI=1S/C16H14BrFN2O5/c1-9(25-15-6-3-10(18)7-12(15)17)16(21)19-13-5-4-11(24-2)8-14(13)20(22)23/h3-9H,1-2H3,(H,19,21)/t9-/m1/s1. The zero-order chi connectivity index (χ0) is 18.6. The molecule has 1 atom stereocenters. The van der Waals surface area contributed by atoms with E-state index < -0.39 is 22.8 Å². The molecule has 0 aliphatic heterocycles. The van der Waals surface area contributed by atoms with Crippen LogP contribution in [0.1, 0.15) is 6.92 Å². The Morgan fingerprint density at radius 1 is 1.32 bits per heavy atom. The van der Waals surface area contributed by atoms with Crippen molar-refractivity contribution in [2.45, 2.75) is 13.0 Å². The summed E-state index contributed by atoms with van der Waals surface area (Å²) in [5.41, 5.74) is -0.285. The first kappa shape index (κ1) is 18.7. The third-order valence-corrected chi connectivity index (χ3v) is 3.85. The maximum Gasteiger partial charge on any atom is 0.296 e. The summed E-state index contributed by atoms with van der Waals surface area (Å²) < 4.78 is 23.8. The number of carbonyl (C=O) groups is 1. The maximum absolute atomic E-state index is 13.1. The summed E-state index contributed by atoms with van der Waals surface area (Å²) in [6.45, 7) is 1.47. The summed E-state index contributed by atoms with van der Waals surface area (Å²) in [5.74, 6) is -0.479. The van der Waals surface area contributed by atoms with Crippen LogP contribution in [0.3, 0.4) is 0 Å². The molecular weight excluding hydrogens is 399 g/mol. The Morgan fingerprint density at radius 2 is 2.04 bits per heavy atom. The number of methoxy groups -OCH3 is 1. The number of ether oxygens (including phenoxy) is 2. The quantitative estimate of drug-likeness (QED) is 0.573. The SMILES string of the molecule is COc1ccc(NC(=O)[C@@H](C)Oc2ccc(F)cc2Br)c([N+](=O)[O-])c1. The first-order chi connectivity index (χ1) is 11.8. The zero-order valence-electron chi connectivity index (χ0n) is 13.3. The highest BCUT2D eigenvalue weighted by Gasteiger charge is 2.21. The van der Waals surface area contributed by atoms with Crippen LogP contribution in [0.2, 0.25) is 0 Å². The average Bonchev–Trinajstić information content (AvgIpc) is 2.57. The van der Waals surface area contributed by atoms with Gasteiger partial charge in [0.1, 0.15) is 23.0 Å². The molecule has 132 valence electrons. The van der Waals surface area contributed by atoms with Crippen molar-refractivity contribution in [3.05, 3.63) is 56.8 Å². The summed E-state index contributed by atoms with van der Waals surface area (Å²) in [7, 11) is 1.38. The molecule has 2 rings (SSSR count). The lowest BCUT2D eigenvalue weighted by atomic mass is 10.2. The smallest absolute Gasteiger partial charge is 0.296 e. The lowest BCUT2D eigenvalue weighted by molar-refractivity contribution is -0.384. The first-order valence-corrected chi connectivity index (χ1v) is 7.86. The van der Waals surface area contributed by atoms with Gasteiger partial charge in [0.2, 0.25) is 0 Å². The molecule has 0 bridgehead atoms. The predicted molar refractivity (Wildman–Crippen MR) is 92.5 cm³/mol. The molecule has 0 saturated carbocycles. The molecule has 1 N–H and O–H groups in total. The van der Waals surface area contributed by atoms with Gasteiger partial charge in [-0.15, -0.1) is 0 Å². The molecule has 0 aliphatic carbocycles. The topological polar surface area (TPSA) is 90.7 Å². The Hall–Kier alpha value is -2.68. The van der Waals surface area contributed by atoms with Gasteiger partial charge in [-0.2, -0.15) is 0 Å². The van der Waals surface area contributed by atoms with Crippen LogP contribution < -0.4 is 14.8 Å². The molecular formula is C16H14BrFN2O5. The number of hydrogen-bond acceptors (Lipinski definition) is 5. The van der Waals surface area contributed by atoms with E-state index in [1.165, 1.54) is 50.4 Å². The van der Waals surface area contributed by atoms with Crippen molar-refractivity contribution < 1.29 is 23.6 Å². The number of carbonyl (C=O) groups excluding carboxylic acids is 1. The second-order valence-electron chi connectivity index (χ2n) is 4.96. The number of nitrogens with one attached hydrogen (secondary N) is 1. The molecule has 25 heavy (non-hydrogen) atoms.